The second kappa shape index (κ2) is 3.69. The Hall–Kier alpha value is -1.17. The first-order valence-corrected chi connectivity index (χ1v) is 5.53. The zero-order valence-electron chi connectivity index (χ0n) is 8.50. The Morgan fingerprint density at radius 3 is 2.69 bits per heavy atom. The van der Waals surface area contributed by atoms with Crippen LogP contribution in [0.3, 0.4) is 0 Å². The number of ether oxygens (including phenoxy) is 1. The summed E-state index contributed by atoms with van der Waals surface area (Å²) in [7, 11) is 0. The van der Waals surface area contributed by atoms with Crippen molar-refractivity contribution in [1.29, 1.82) is 0 Å². The fraction of sp³-hybridized carbons (Fsp3) is 0.400. The summed E-state index contributed by atoms with van der Waals surface area (Å²) in [5, 5.41) is 10.6. The van der Waals surface area contributed by atoms with Crippen LogP contribution in [0.5, 0.6) is 5.75 Å². The first kappa shape index (κ1) is 11.3. The number of halogens is 2. The van der Waals surface area contributed by atoms with Gasteiger partial charge in [0.25, 0.3) is 5.69 Å². The highest BCUT2D eigenvalue weighted by atomic mass is 79.9. The quantitative estimate of drug-likeness (QED) is 0.633. The average Bonchev–Trinajstić information content (AvgIpc) is 2.89. The summed E-state index contributed by atoms with van der Waals surface area (Å²) in [4.78, 5) is 9.91. The van der Waals surface area contributed by atoms with Crippen molar-refractivity contribution in [3.05, 3.63) is 32.5 Å². The summed E-state index contributed by atoms with van der Waals surface area (Å²) in [5.74, 6) is -0.652. The maximum atomic E-state index is 13.5. The third kappa shape index (κ3) is 2.16. The first-order chi connectivity index (χ1) is 7.41. The molecule has 0 heterocycles. The van der Waals surface area contributed by atoms with Gasteiger partial charge in [-0.05, 0) is 35.7 Å². The predicted molar refractivity (Wildman–Crippen MR) is 59.0 cm³/mol. The summed E-state index contributed by atoms with van der Waals surface area (Å²) in [6.07, 6.45) is 1.75. The number of hydrogen-bond acceptors (Lipinski definition) is 3. The highest BCUT2D eigenvalue weighted by molar-refractivity contribution is 9.10. The number of nitro benzene ring substituents is 1. The lowest BCUT2D eigenvalue weighted by atomic mass is 10.3. The number of benzene rings is 1. The van der Waals surface area contributed by atoms with E-state index in [9.17, 15) is 14.5 Å². The van der Waals surface area contributed by atoms with E-state index in [0.717, 1.165) is 18.9 Å². The summed E-state index contributed by atoms with van der Waals surface area (Å²) >= 11 is 3.02. The molecule has 1 fully saturated rings. The van der Waals surface area contributed by atoms with E-state index in [0.29, 0.717) is 0 Å². The third-order valence-electron chi connectivity index (χ3n) is 2.51. The molecular formula is C10H9BrFNO3. The van der Waals surface area contributed by atoms with Crippen molar-refractivity contribution in [2.75, 3.05) is 0 Å². The molecule has 6 heteroatoms. The predicted octanol–water partition coefficient (Wildman–Crippen LogP) is 3.43. The van der Waals surface area contributed by atoms with Gasteiger partial charge in [-0.3, -0.25) is 10.1 Å². The Bertz CT molecular complexity index is 460. The molecular weight excluding hydrogens is 281 g/mol. The average molecular weight is 290 g/mol. The molecule has 0 radical (unpaired) electrons. The van der Waals surface area contributed by atoms with Crippen molar-refractivity contribution in [1.82, 2.24) is 0 Å². The number of rotatable bonds is 3. The zero-order chi connectivity index (χ0) is 11.9. The molecule has 0 aliphatic heterocycles. The summed E-state index contributed by atoms with van der Waals surface area (Å²) in [6.45, 7) is 1.88. The Morgan fingerprint density at radius 1 is 1.56 bits per heavy atom. The molecule has 1 aromatic carbocycles. The van der Waals surface area contributed by atoms with E-state index in [2.05, 4.69) is 15.9 Å². The van der Waals surface area contributed by atoms with Crippen LogP contribution in [0.15, 0.2) is 16.6 Å². The van der Waals surface area contributed by atoms with Gasteiger partial charge in [-0.2, -0.15) is 0 Å². The fourth-order valence-corrected chi connectivity index (χ4v) is 1.75. The van der Waals surface area contributed by atoms with Crippen LogP contribution in [0.2, 0.25) is 0 Å². The van der Waals surface area contributed by atoms with Gasteiger partial charge in [-0.1, -0.05) is 0 Å². The second-order valence-corrected chi connectivity index (χ2v) is 4.90. The molecule has 4 nitrogen and oxygen atoms in total. The Kier molecular flexibility index (Phi) is 2.61. The largest absolute Gasteiger partial charge is 0.484 e. The molecule has 2 rings (SSSR count). The SMILES string of the molecule is CC1(Oc2cc(Br)c([N+](=O)[O-])cc2F)CC1. The van der Waals surface area contributed by atoms with Crippen LogP contribution in [0.1, 0.15) is 19.8 Å². The molecule has 0 spiro atoms. The first-order valence-electron chi connectivity index (χ1n) is 4.74. The molecule has 0 N–H and O–H groups in total. The molecule has 1 aromatic rings. The van der Waals surface area contributed by atoms with E-state index in [1.165, 1.54) is 6.07 Å². The monoisotopic (exact) mass is 289 g/mol. The molecule has 1 aliphatic carbocycles. The van der Waals surface area contributed by atoms with Gasteiger partial charge in [0.15, 0.2) is 11.6 Å². The van der Waals surface area contributed by atoms with Crippen molar-refractivity contribution >= 4 is 21.6 Å². The number of nitrogens with zero attached hydrogens (tertiary/aromatic N) is 1. The van der Waals surface area contributed by atoms with Crippen LogP contribution in [0.25, 0.3) is 0 Å². The van der Waals surface area contributed by atoms with Gasteiger partial charge in [0.2, 0.25) is 0 Å². The van der Waals surface area contributed by atoms with E-state index in [1.807, 2.05) is 6.92 Å². The third-order valence-corrected chi connectivity index (χ3v) is 3.14. The van der Waals surface area contributed by atoms with Crippen LogP contribution in [-0.2, 0) is 0 Å². The van der Waals surface area contributed by atoms with Crippen molar-refractivity contribution in [2.45, 2.75) is 25.4 Å². The van der Waals surface area contributed by atoms with Gasteiger partial charge in [0, 0.05) is 6.07 Å². The zero-order valence-corrected chi connectivity index (χ0v) is 10.1. The summed E-state index contributed by atoms with van der Waals surface area (Å²) < 4.78 is 19.2. The van der Waals surface area contributed by atoms with Crippen LogP contribution < -0.4 is 4.74 Å². The Morgan fingerprint density at radius 2 is 2.19 bits per heavy atom. The van der Waals surface area contributed by atoms with E-state index >= 15 is 0 Å². The minimum atomic E-state index is -0.706. The Balaban J connectivity index is 2.33. The Labute approximate surface area is 99.7 Å². The molecule has 0 aromatic heterocycles. The van der Waals surface area contributed by atoms with E-state index in [4.69, 9.17) is 4.74 Å². The number of nitro groups is 1. The minimum Gasteiger partial charge on any atom is -0.484 e. The maximum Gasteiger partial charge on any atom is 0.286 e. The van der Waals surface area contributed by atoms with E-state index < -0.39 is 10.7 Å². The van der Waals surface area contributed by atoms with Crippen molar-refractivity contribution in [3.63, 3.8) is 0 Å². The van der Waals surface area contributed by atoms with Crippen LogP contribution in [0, 0.1) is 15.9 Å². The topological polar surface area (TPSA) is 52.4 Å². The molecule has 0 atom stereocenters. The fourth-order valence-electron chi connectivity index (χ4n) is 1.28. The highest BCUT2D eigenvalue weighted by Crippen LogP contribution is 2.42. The van der Waals surface area contributed by atoms with E-state index in [1.54, 1.807) is 0 Å². The molecule has 86 valence electrons. The van der Waals surface area contributed by atoms with Gasteiger partial charge >= 0.3 is 0 Å². The summed E-state index contributed by atoms with van der Waals surface area (Å²) in [5.41, 5.74) is -0.609. The van der Waals surface area contributed by atoms with Crippen LogP contribution >= 0.6 is 15.9 Å². The molecule has 1 aliphatic rings. The van der Waals surface area contributed by atoms with E-state index in [-0.39, 0.29) is 21.5 Å². The normalized spacial score (nSPS) is 16.9. The van der Waals surface area contributed by atoms with Gasteiger partial charge < -0.3 is 4.74 Å². The van der Waals surface area contributed by atoms with Crippen molar-refractivity contribution < 1.29 is 14.1 Å². The van der Waals surface area contributed by atoms with Gasteiger partial charge in [0.1, 0.15) is 5.60 Å². The molecule has 0 bridgehead atoms. The molecule has 16 heavy (non-hydrogen) atoms. The second-order valence-electron chi connectivity index (χ2n) is 4.04. The molecule has 0 amide bonds. The standard InChI is InChI=1S/C10H9BrFNO3/c1-10(2-3-10)16-9-4-6(11)8(13(14)15)5-7(9)12/h4-5H,2-3H2,1H3. The van der Waals surface area contributed by atoms with Gasteiger partial charge in [-0.15, -0.1) is 0 Å². The summed E-state index contributed by atoms with van der Waals surface area (Å²) in [6, 6.07) is 2.17. The van der Waals surface area contributed by atoms with Gasteiger partial charge in [0.05, 0.1) is 15.5 Å². The van der Waals surface area contributed by atoms with Crippen LogP contribution in [-0.4, -0.2) is 10.5 Å². The van der Waals surface area contributed by atoms with Gasteiger partial charge in [-0.25, -0.2) is 4.39 Å². The molecule has 0 unspecified atom stereocenters. The molecule has 0 saturated heterocycles. The van der Waals surface area contributed by atoms with Crippen LogP contribution in [0.4, 0.5) is 10.1 Å². The number of hydrogen-bond donors (Lipinski definition) is 0. The van der Waals surface area contributed by atoms with Crippen molar-refractivity contribution in [3.8, 4) is 5.75 Å². The lowest BCUT2D eigenvalue weighted by Crippen LogP contribution is -2.13. The lowest BCUT2D eigenvalue weighted by Gasteiger charge is -2.13. The highest BCUT2D eigenvalue weighted by Gasteiger charge is 2.40. The van der Waals surface area contributed by atoms with Crippen molar-refractivity contribution in [2.24, 2.45) is 0 Å². The minimum absolute atomic E-state index is 0.0532. The lowest BCUT2D eigenvalue weighted by molar-refractivity contribution is -0.385. The maximum absolute atomic E-state index is 13.5. The molecule has 1 saturated carbocycles. The smallest absolute Gasteiger partial charge is 0.286 e.